The number of aliphatic hydroxyl groups is 1. The molecule has 19 heavy (non-hydrogen) atoms. The molecule has 106 valence electrons. The van der Waals surface area contributed by atoms with Gasteiger partial charge in [0, 0.05) is 5.02 Å². The number of carbonyl (C=O) groups is 1. The number of ether oxygens (including phenoxy) is 2. The van der Waals surface area contributed by atoms with Gasteiger partial charge in [-0.1, -0.05) is 24.9 Å². The van der Waals surface area contributed by atoms with Crippen LogP contribution in [0.3, 0.4) is 0 Å². The lowest BCUT2D eigenvalue weighted by molar-refractivity contribution is -0.157. The zero-order valence-corrected chi connectivity index (χ0v) is 11.9. The largest absolute Gasteiger partial charge is 0.476 e. The summed E-state index contributed by atoms with van der Waals surface area (Å²) in [6.07, 6.45) is -0.682. The standard InChI is InChI=1S/C14H19ClO4/c1-3-5-12(16)13(14(17)18-4-2)19-11-8-6-10(15)7-9-11/h6-9,12-13,16H,3-5H2,1-2H3. The summed E-state index contributed by atoms with van der Waals surface area (Å²) in [5.74, 6) is -0.0870. The second-order valence-electron chi connectivity index (χ2n) is 4.10. The number of esters is 1. The van der Waals surface area contributed by atoms with E-state index in [4.69, 9.17) is 21.1 Å². The van der Waals surface area contributed by atoms with Crippen LogP contribution < -0.4 is 4.74 Å². The van der Waals surface area contributed by atoms with Crippen molar-refractivity contribution in [3.8, 4) is 5.75 Å². The van der Waals surface area contributed by atoms with Gasteiger partial charge < -0.3 is 14.6 Å². The van der Waals surface area contributed by atoms with Gasteiger partial charge in [0.1, 0.15) is 11.9 Å². The van der Waals surface area contributed by atoms with Crippen molar-refractivity contribution in [3.63, 3.8) is 0 Å². The molecule has 0 fully saturated rings. The van der Waals surface area contributed by atoms with Gasteiger partial charge in [-0.05, 0) is 37.6 Å². The van der Waals surface area contributed by atoms with Gasteiger partial charge in [0.25, 0.3) is 0 Å². The molecule has 5 heteroatoms. The van der Waals surface area contributed by atoms with Crippen molar-refractivity contribution in [1.82, 2.24) is 0 Å². The number of hydrogen-bond acceptors (Lipinski definition) is 4. The molecule has 1 aromatic carbocycles. The monoisotopic (exact) mass is 286 g/mol. The fourth-order valence-electron chi connectivity index (χ4n) is 1.62. The second-order valence-corrected chi connectivity index (χ2v) is 4.54. The summed E-state index contributed by atoms with van der Waals surface area (Å²) < 4.78 is 10.4. The quantitative estimate of drug-likeness (QED) is 0.783. The first-order chi connectivity index (χ1) is 9.08. The Morgan fingerprint density at radius 1 is 1.32 bits per heavy atom. The molecule has 0 aliphatic rings. The molecular weight excluding hydrogens is 268 g/mol. The van der Waals surface area contributed by atoms with E-state index < -0.39 is 18.2 Å². The molecule has 2 atom stereocenters. The summed E-state index contributed by atoms with van der Waals surface area (Å²) in [5, 5.41) is 10.5. The first-order valence-corrected chi connectivity index (χ1v) is 6.73. The highest BCUT2D eigenvalue weighted by molar-refractivity contribution is 6.30. The van der Waals surface area contributed by atoms with E-state index in [-0.39, 0.29) is 6.61 Å². The van der Waals surface area contributed by atoms with Gasteiger partial charge in [0.05, 0.1) is 6.61 Å². The van der Waals surface area contributed by atoms with Crippen molar-refractivity contribution in [1.29, 1.82) is 0 Å². The van der Waals surface area contributed by atoms with E-state index in [0.29, 0.717) is 17.2 Å². The Morgan fingerprint density at radius 2 is 1.95 bits per heavy atom. The Labute approximate surface area is 118 Å². The zero-order valence-electron chi connectivity index (χ0n) is 11.1. The highest BCUT2D eigenvalue weighted by Crippen LogP contribution is 2.19. The minimum absolute atomic E-state index is 0.248. The molecule has 0 saturated carbocycles. The maximum Gasteiger partial charge on any atom is 0.350 e. The van der Waals surface area contributed by atoms with E-state index in [0.717, 1.165) is 6.42 Å². The number of aliphatic hydroxyl groups excluding tert-OH is 1. The van der Waals surface area contributed by atoms with Crippen LogP contribution in [-0.2, 0) is 9.53 Å². The van der Waals surface area contributed by atoms with Crippen molar-refractivity contribution in [2.24, 2.45) is 0 Å². The van der Waals surface area contributed by atoms with E-state index in [1.807, 2.05) is 6.92 Å². The molecule has 1 rings (SSSR count). The van der Waals surface area contributed by atoms with E-state index >= 15 is 0 Å². The van der Waals surface area contributed by atoms with Gasteiger partial charge in [-0.25, -0.2) is 4.79 Å². The van der Waals surface area contributed by atoms with Crippen molar-refractivity contribution in [3.05, 3.63) is 29.3 Å². The molecule has 0 aliphatic carbocycles. The zero-order chi connectivity index (χ0) is 14.3. The fraction of sp³-hybridized carbons (Fsp3) is 0.500. The van der Waals surface area contributed by atoms with E-state index in [1.54, 1.807) is 31.2 Å². The second kappa shape index (κ2) is 8.02. The topological polar surface area (TPSA) is 55.8 Å². The molecule has 0 aliphatic heterocycles. The molecule has 0 heterocycles. The minimum atomic E-state index is -1.01. The summed E-state index contributed by atoms with van der Waals surface area (Å²) in [6, 6.07) is 6.61. The van der Waals surface area contributed by atoms with Gasteiger partial charge >= 0.3 is 5.97 Å². The summed E-state index contributed by atoms with van der Waals surface area (Å²) in [6.45, 7) is 3.88. The minimum Gasteiger partial charge on any atom is -0.476 e. The molecular formula is C14H19ClO4. The molecule has 2 unspecified atom stereocenters. The smallest absolute Gasteiger partial charge is 0.350 e. The van der Waals surface area contributed by atoms with Crippen LogP contribution in [0.1, 0.15) is 26.7 Å². The summed E-state index contributed by atoms with van der Waals surface area (Å²) in [4.78, 5) is 11.8. The van der Waals surface area contributed by atoms with Crippen LogP contribution >= 0.6 is 11.6 Å². The predicted octanol–water partition coefficient (Wildman–Crippen LogP) is 2.81. The third-order valence-electron chi connectivity index (χ3n) is 2.53. The summed E-state index contributed by atoms with van der Waals surface area (Å²) in [7, 11) is 0. The Bertz CT molecular complexity index is 391. The van der Waals surface area contributed by atoms with Crippen LogP contribution in [0.5, 0.6) is 5.75 Å². The Hall–Kier alpha value is -1.26. The highest BCUT2D eigenvalue weighted by Gasteiger charge is 2.29. The maximum absolute atomic E-state index is 11.8. The summed E-state index contributed by atoms with van der Waals surface area (Å²) in [5.41, 5.74) is 0. The van der Waals surface area contributed by atoms with Crippen LogP contribution in [0.25, 0.3) is 0 Å². The predicted molar refractivity (Wildman–Crippen MR) is 73.4 cm³/mol. The molecule has 0 spiro atoms. The van der Waals surface area contributed by atoms with Gasteiger partial charge in [-0.2, -0.15) is 0 Å². The van der Waals surface area contributed by atoms with Gasteiger partial charge in [-0.15, -0.1) is 0 Å². The molecule has 0 radical (unpaired) electrons. The summed E-state index contributed by atoms with van der Waals surface area (Å²) >= 11 is 5.78. The maximum atomic E-state index is 11.8. The van der Waals surface area contributed by atoms with E-state index in [1.165, 1.54) is 0 Å². The van der Waals surface area contributed by atoms with E-state index in [9.17, 15) is 9.90 Å². The van der Waals surface area contributed by atoms with Crippen molar-refractivity contribution in [2.45, 2.75) is 38.9 Å². The molecule has 0 aromatic heterocycles. The van der Waals surface area contributed by atoms with Gasteiger partial charge in [0.2, 0.25) is 6.10 Å². The lowest BCUT2D eigenvalue weighted by atomic mass is 10.1. The van der Waals surface area contributed by atoms with Crippen LogP contribution in [0, 0.1) is 0 Å². The number of halogens is 1. The normalized spacial score (nSPS) is 13.7. The third-order valence-corrected chi connectivity index (χ3v) is 2.78. The fourth-order valence-corrected chi connectivity index (χ4v) is 1.74. The van der Waals surface area contributed by atoms with Crippen molar-refractivity contribution < 1.29 is 19.4 Å². The lowest BCUT2D eigenvalue weighted by Gasteiger charge is -2.22. The SMILES string of the molecule is CCCC(O)C(Oc1ccc(Cl)cc1)C(=O)OCC. The van der Waals surface area contributed by atoms with Crippen molar-refractivity contribution >= 4 is 17.6 Å². The highest BCUT2D eigenvalue weighted by atomic mass is 35.5. The average molecular weight is 287 g/mol. The average Bonchev–Trinajstić information content (AvgIpc) is 2.38. The molecule has 0 saturated heterocycles. The Balaban J connectivity index is 2.78. The van der Waals surface area contributed by atoms with Crippen molar-refractivity contribution in [2.75, 3.05) is 6.61 Å². The third kappa shape index (κ3) is 5.09. The molecule has 0 amide bonds. The van der Waals surface area contributed by atoms with E-state index in [2.05, 4.69) is 0 Å². The Morgan fingerprint density at radius 3 is 2.47 bits per heavy atom. The first-order valence-electron chi connectivity index (χ1n) is 6.35. The van der Waals surface area contributed by atoms with Gasteiger partial charge in [0.15, 0.2) is 0 Å². The van der Waals surface area contributed by atoms with Crippen LogP contribution in [-0.4, -0.2) is 29.9 Å². The number of benzene rings is 1. The number of hydrogen-bond donors (Lipinski definition) is 1. The number of rotatable bonds is 7. The van der Waals surface area contributed by atoms with Crippen LogP contribution in [0.2, 0.25) is 5.02 Å². The first kappa shape index (κ1) is 15.8. The van der Waals surface area contributed by atoms with Crippen LogP contribution in [0.4, 0.5) is 0 Å². The number of carbonyl (C=O) groups excluding carboxylic acids is 1. The molecule has 1 aromatic rings. The molecule has 4 nitrogen and oxygen atoms in total. The Kier molecular flexibility index (Phi) is 6.67. The molecule has 1 N–H and O–H groups in total. The van der Waals surface area contributed by atoms with Crippen LogP contribution in [0.15, 0.2) is 24.3 Å². The van der Waals surface area contributed by atoms with Gasteiger partial charge in [-0.3, -0.25) is 0 Å². The lowest BCUT2D eigenvalue weighted by Crippen LogP contribution is -2.40. The molecule has 0 bridgehead atoms.